The molecule has 0 aromatic carbocycles. The van der Waals surface area contributed by atoms with Gasteiger partial charge in [-0.1, -0.05) is 0 Å². The van der Waals surface area contributed by atoms with Crippen molar-refractivity contribution in [2.24, 2.45) is 0 Å². The second kappa shape index (κ2) is 8.65. The van der Waals surface area contributed by atoms with E-state index in [1.165, 1.54) is 12.1 Å². The summed E-state index contributed by atoms with van der Waals surface area (Å²) < 4.78 is 5.09. The van der Waals surface area contributed by atoms with Gasteiger partial charge in [0.1, 0.15) is 17.8 Å². The van der Waals surface area contributed by atoms with Crippen LogP contribution in [0.15, 0.2) is 16.9 Å². The maximum Gasteiger partial charge on any atom is 0.408 e. The maximum atomic E-state index is 12.2. The summed E-state index contributed by atoms with van der Waals surface area (Å²) in [5.41, 5.74) is -0.863. The summed E-state index contributed by atoms with van der Waals surface area (Å²) in [6.45, 7) is 6.05. The monoisotopic (exact) mass is 379 g/mol. The Bertz CT molecular complexity index is 726. The van der Waals surface area contributed by atoms with Crippen LogP contribution in [0.4, 0.5) is 4.79 Å². The highest BCUT2D eigenvalue weighted by molar-refractivity contribution is 5.92. The molecule has 148 valence electrons. The topological polar surface area (TPSA) is 133 Å². The van der Waals surface area contributed by atoms with Gasteiger partial charge in [0.2, 0.25) is 5.91 Å². The molecular formula is C17H25N5O5. The van der Waals surface area contributed by atoms with Crippen molar-refractivity contribution in [3.63, 3.8) is 0 Å². The predicted octanol–water partition coefficient (Wildman–Crippen LogP) is 0.0154. The molecule has 0 bridgehead atoms. The van der Waals surface area contributed by atoms with E-state index in [1.54, 1.807) is 25.7 Å². The van der Waals surface area contributed by atoms with Crippen molar-refractivity contribution in [3.8, 4) is 0 Å². The van der Waals surface area contributed by atoms with E-state index < -0.39 is 11.7 Å². The second-order valence-electron chi connectivity index (χ2n) is 7.29. The number of nitrogens with zero attached hydrogens (tertiary/aromatic N) is 2. The van der Waals surface area contributed by atoms with E-state index in [1.807, 2.05) is 0 Å². The van der Waals surface area contributed by atoms with Gasteiger partial charge in [-0.15, -0.1) is 0 Å². The predicted molar refractivity (Wildman–Crippen MR) is 96.2 cm³/mol. The lowest BCUT2D eigenvalue weighted by Crippen LogP contribution is -2.49. The zero-order valence-corrected chi connectivity index (χ0v) is 15.7. The van der Waals surface area contributed by atoms with Gasteiger partial charge in [0.15, 0.2) is 0 Å². The Morgan fingerprint density at radius 3 is 2.48 bits per heavy atom. The highest BCUT2D eigenvalue weighted by Gasteiger charge is 2.25. The van der Waals surface area contributed by atoms with Crippen molar-refractivity contribution in [1.29, 1.82) is 0 Å². The molecule has 3 N–H and O–H groups in total. The molecule has 1 aromatic rings. The number of rotatable bonds is 4. The molecule has 1 saturated heterocycles. The molecule has 10 heteroatoms. The summed E-state index contributed by atoms with van der Waals surface area (Å²) in [4.78, 5) is 48.5. The van der Waals surface area contributed by atoms with Crippen molar-refractivity contribution < 1.29 is 19.1 Å². The Labute approximate surface area is 156 Å². The molecule has 0 radical (unpaired) electrons. The first-order chi connectivity index (χ1) is 12.6. The van der Waals surface area contributed by atoms with Crippen LogP contribution in [0.1, 0.15) is 44.1 Å². The standard InChI is InChI=1S/C17H25N5O5/c1-17(2,3)27-16(26)18-10-14(24)22-8-6-11(7-9-22)19-15(25)12-4-5-13(23)21-20-12/h4-5,11H,6-10H2,1-3H3,(H,18,26)(H,19,25)(H,21,23). The van der Waals surface area contributed by atoms with Gasteiger partial charge in [-0.25, -0.2) is 9.89 Å². The lowest BCUT2D eigenvalue weighted by Gasteiger charge is -2.32. The lowest BCUT2D eigenvalue weighted by atomic mass is 10.0. The minimum atomic E-state index is -0.633. The molecule has 1 fully saturated rings. The minimum Gasteiger partial charge on any atom is -0.444 e. The molecule has 0 atom stereocenters. The number of aromatic nitrogens is 2. The number of piperidine rings is 1. The van der Waals surface area contributed by atoms with E-state index in [9.17, 15) is 19.2 Å². The Hall–Kier alpha value is -2.91. The largest absolute Gasteiger partial charge is 0.444 e. The summed E-state index contributed by atoms with van der Waals surface area (Å²) in [5.74, 6) is -0.574. The van der Waals surface area contributed by atoms with E-state index in [0.717, 1.165) is 0 Å². The molecule has 2 heterocycles. The molecule has 3 amide bonds. The third-order valence-electron chi connectivity index (χ3n) is 3.88. The Morgan fingerprint density at radius 1 is 1.26 bits per heavy atom. The van der Waals surface area contributed by atoms with Gasteiger partial charge in [0, 0.05) is 25.2 Å². The normalized spacial score (nSPS) is 15.1. The quantitative estimate of drug-likeness (QED) is 0.675. The van der Waals surface area contributed by atoms with E-state index in [4.69, 9.17) is 4.74 Å². The van der Waals surface area contributed by atoms with Gasteiger partial charge in [-0.05, 0) is 39.7 Å². The maximum absolute atomic E-state index is 12.2. The number of hydrogen-bond donors (Lipinski definition) is 3. The number of aromatic amines is 1. The summed E-state index contributed by atoms with van der Waals surface area (Å²) in [6.07, 6.45) is 0.548. The first-order valence-corrected chi connectivity index (χ1v) is 8.75. The Kier molecular flexibility index (Phi) is 6.54. The molecule has 0 saturated carbocycles. The average molecular weight is 379 g/mol. The molecule has 10 nitrogen and oxygen atoms in total. The smallest absolute Gasteiger partial charge is 0.408 e. The number of carbonyl (C=O) groups excluding carboxylic acids is 3. The van der Waals surface area contributed by atoms with Gasteiger partial charge < -0.3 is 20.3 Å². The molecule has 1 aromatic heterocycles. The van der Waals surface area contributed by atoms with Crippen molar-refractivity contribution in [1.82, 2.24) is 25.7 Å². The molecule has 1 aliphatic rings. The second-order valence-corrected chi connectivity index (χ2v) is 7.29. The van der Waals surface area contributed by atoms with Crippen LogP contribution < -0.4 is 16.2 Å². The number of ether oxygens (including phenoxy) is 1. The Balaban J connectivity index is 1.73. The fourth-order valence-electron chi connectivity index (χ4n) is 2.58. The van der Waals surface area contributed by atoms with Crippen molar-refractivity contribution in [3.05, 3.63) is 28.2 Å². The lowest BCUT2D eigenvalue weighted by molar-refractivity contribution is -0.131. The van der Waals surface area contributed by atoms with Gasteiger partial charge in [0.25, 0.3) is 11.5 Å². The van der Waals surface area contributed by atoms with E-state index in [-0.39, 0.29) is 35.7 Å². The Morgan fingerprint density at radius 2 is 1.93 bits per heavy atom. The summed E-state index contributed by atoms with van der Waals surface area (Å²) in [7, 11) is 0. The van der Waals surface area contributed by atoms with Crippen molar-refractivity contribution >= 4 is 17.9 Å². The highest BCUT2D eigenvalue weighted by atomic mass is 16.6. The number of H-pyrrole nitrogens is 1. The van der Waals surface area contributed by atoms with Gasteiger partial charge in [-0.2, -0.15) is 5.10 Å². The molecule has 27 heavy (non-hydrogen) atoms. The van der Waals surface area contributed by atoms with Crippen molar-refractivity contribution in [2.45, 2.75) is 45.3 Å². The van der Waals surface area contributed by atoms with Gasteiger partial charge >= 0.3 is 6.09 Å². The third-order valence-corrected chi connectivity index (χ3v) is 3.88. The van der Waals surface area contributed by atoms with Crippen LogP contribution in [-0.2, 0) is 9.53 Å². The van der Waals surface area contributed by atoms with Crippen molar-refractivity contribution in [2.75, 3.05) is 19.6 Å². The number of carbonyl (C=O) groups is 3. The first kappa shape index (κ1) is 20.4. The molecule has 1 aliphatic heterocycles. The number of nitrogens with one attached hydrogen (secondary N) is 3. The summed E-state index contributed by atoms with van der Waals surface area (Å²) in [6, 6.07) is 2.50. The van der Waals surface area contributed by atoms with Crippen LogP contribution in [-0.4, -0.2) is 64.3 Å². The van der Waals surface area contributed by atoms with Crippen LogP contribution in [0.3, 0.4) is 0 Å². The van der Waals surface area contributed by atoms with Crippen LogP contribution in [0.2, 0.25) is 0 Å². The fraction of sp³-hybridized carbons (Fsp3) is 0.588. The van der Waals surface area contributed by atoms with Gasteiger partial charge in [-0.3, -0.25) is 14.4 Å². The zero-order chi connectivity index (χ0) is 20.0. The van der Waals surface area contributed by atoms with Crippen LogP contribution >= 0.6 is 0 Å². The zero-order valence-electron chi connectivity index (χ0n) is 15.7. The average Bonchev–Trinajstić information content (AvgIpc) is 2.59. The highest BCUT2D eigenvalue weighted by Crippen LogP contribution is 2.11. The van der Waals surface area contributed by atoms with Gasteiger partial charge in [0.05, 0.1) is 0 Å². The molecule has 0 aliphatic carbocycles. The van der Waals surface area contributed by atoms with Crippen LogP contribution in [0.5, 0.6) is 0 Å². The van der Waals surface area contributed by atoms with Crippen LogP contribution in [0.25, 0.3) is 0 Å². The minimum absolute atomic E-state index is 0.0888. The fourth-order valence-corrected chi connectivity index (χ4v) is 2.58. The number of likely N-dealkylation sites (tertiary alicyclic amines) is 1. The number of hydrogen-bond acceptors (Lipinski definition) is 6. The van der Waals surface area contributed by atoms with E-state index >= 15 is 0 Å². The SMILES string of the molecule is CC(C)(C)OC(=O)NCC(=O)N1CCC(NC(=O)c2ccc(=O)[nH]n2)CC1. The number of alkyl carbamates (subject to hydrolysis) is 1. The van der Waals surface area contributed by atoms with E-state index in [2.05, 4.69) is 20.8 Å². The van der Waals surface area contributed by atoms with E-state index in [0.29, 0.717) is 25.9 Å². The first-order valence-electron chi connectivity index (χ1n) is 8.75. The molecule has 2 rings (SSSR count). The number of amides is 3. The third kappa shape index (κ3) is 6.72. The molecule has 0 unspecified atom stereocenters. The summed E-state index contributed by atoms with van der Waals surface area (Å²) in [5, 5.41) is 11.2. The van der Waals surface area contributed by atoms with Crippen LogP contribution in [0, 0.1) is 0 Å². The molecular weight excluding hydrogens is 354 g/mol. The molecule has 0 spiro atoms. The summed E-state index contributed by atoms with van der Waals surface area (Å²) >= 11 is 0.